The fourth-order valence-electron chi connectivity index (χ4n) is 1.84. The van der Waals surface area contributed by atoms with Gasteiger partial charge in [-0.15, -0.1) is 0 Å². The summed E-state index contributed by atoms with van der Waals surface area (Å²) in [5.41, 5.74) is 0. The Balaban J connectivity index is 2.95. The summed E-state index contributed by atoms with van der Waals surface area (Å²) >= 11 is 0. The van der Waals surface area contributed by atoms with E-state index in [0.717, 1.165) is 6.42 Å². The molecule has 0 amide bonds. The number of rotatable bonds is 9. The van der Waals surface area contributed by atoms with Gasteiger partial charge in [-0.2, -0.15) is 0 Å². The van der Waals surface area contributed by atoms with Crippen LogP contribution in [-0.2, 0) is 27.4 Å². The average Bonchev–Trinajstić information content (AvgIpc) is 2.64. The third-order valence-electron chi connectivity index (χ3n) is 3.01. The molecule has 0 N–H and O–H groups in total. The van der Waals surface area contributed by atoms with Gasteiger partial charge in [0, 0.05) is 0 Å². The Hall–Kier alpha value is -0.390. The van der Waals surface area contributed by atoms with Gasteiger partial charge < -0.3 is 0 Å². The first kappa shape index (κ1) is 17.7. The molecule has 1 unspecified atom stereocenters. The molecule has 0 aromatic heterocycles. The van der Waals surface area contributed by atoms with Crippen LogP contribution in [0.5, 0.6) is 0 Å². The SMILES string of the molecule is CCOP1(OCC)(OCC(CC)OC)OC(C)=C(C)O1. The van der Waals surface area contributed by atoms with E-state index in [1.165, 1.54) is 0 Å². The molecular weight excluding hydrogens is 283 g/mol. The van der Waals surface area contributed by atoms with Gasteiger partial charge in [0.1, 0.15) is 0 Å². The Morgan fingerprint density at radius 1 is 0.950 bits per heavy atom. The molecule has 1 rings (SSSR count). The molecule has 0 fully saturated rings. The Kier molecular flexibility index (Phi) is 6.23. The van der Waals surface area contributed by atoms with Gasteiger partial charge in [0.2, 0.25) is 0 Å². The van der Waals surface area contributed by atoms with E-state index in [4.69, 9.17) is 27.4 Å². The molecular formula is C13H27O6P. The molecule has 20 heavy (non-hydrogen) atoms. The topological polar surface area (TPSA) is 55.4 Å². The van der Waals surface area contributed by atoms with E-state index in [-0.39, 0.29) is 12.7 Å². The molecule has 7 heteroatoms. The van der Waals surface area contributed by atoms with E-state index < -0.39 is 7.74 Å². The molecule has 0 spiro atoms. The van der Waals surface area contributed by atoms with Crippen LogP contribution in [0.1, 0.15) is 41.0 Å². The normalized spacial score (nSPS) is 23.6. The second-order valence-corrected chi connectivity index (χ2v) is 7.07. The van der Waals surface area contributed by atoms with Gasteiger partial charge in [0.05, 0.1) is 0 Å². The Morgan fingerprint density at radius 3 is 1.80 bits per heavy atom. The molecule has 0 aromatic carbocycles. The molecule has 0 bridgehead atoms. The van der Waals surface area contributed by atoms with Crippen LogP contribution in [0.3, 0.4) is 0 Å². The van der Waals surface area contributed by atoms with Gasteiger partial charge in [-0.05, 0) is 0 Å². The van der Waals surface area contributed by atoms with E-state index in [9.17, 15) is 0 Å². The number of hydrogen-bond donors (Lipinski definition) is 0. The molecule has 0 saturated heterocycles. The summed E-state index contributed by atoms with van der Waals surface area (Å²) in [5, 5.41) is 0. The monoisotopic (exact) mass is 310 g/mol. The van der Waals surface area contributed by atoms with Crippen LogP contribution in [0.2, 0.25) is 0 Å². The minimum atomic E-state index is -4.04. The van der Waals surface area contributed by atoms with Crippen LogP contribution in [0.25, 0.3) is 0 Å². The van der Waals surface area contributed by atoms with Crippen molar-refractivity contribution in [2.24, 2.45) is 0 Å². The van der Waals surface area contributed by atoms with E-state index in [1.54, 1.807) is 21.0 Å². The quantitative estimate of drug-likeness (QED) is 0.601. The van der Waals surface area contributed by atoms with Gasteiger partial charge in [-0.25, -0.2) is 0 Å². The summed E-state index contributed by atoms with van der Waals surface area (Å²) in [6.07, 6.45) is 0.746. The second kappa shape index (κ2) is 7.05. The van der Waals surface area contributed by atoms with E-state index in [2.05, 4.69) is 0 Å². The van der Waals surface area contributed by atoms with Crippen LogP contribution in [0.4, 0.5) is 0 Å². The van der Waals surface area contributed by atoms with Gasteiger partial charge in [-0.1, -0.05) is 0 Å². The molecule has 1 heterocycles. The number of methoxy groups -OCH3 is 1. The van der Waals surface area contributed by atoms with Crippen molar-refractivity contribution in [2.45, 2.75) is 47.1 Å². The summed E-state index contributed by atoms with van der Waals surface area (Å²) in [7, 11) is -2.40. The third-order valence-corrected chi connectivity index (χ3v) is 6.08. The van der Waals surface area contributed by atoms with Crippen molar-refractivity contribution < 1.29 is 27.4 Å². The summed E-state index contributed by atoms with van der Waals surface area (Å²) in [6.45, 7) is 10.3. The first-order valence-corrected chi connectivity index (χ1v) is 8.84. The zero-order valence-electron chi connectivity index (χ0n) is 13.3. The molecule has 1 aliphatic heterocycles. The van der Waals surface area contributed by atoms with Crippen molar-refractivity contribution >= 4 is 7.74 Å². The van der Waals surface area contributed by atoms with Crippen molar-refractivity contribution in [3.05, 3.63) is 11.5 Å². The van der Waals surface area contributed by atoms with Crippen molar-refractivity contribution in [1.82, 2.24) is 0 Å². The van der Waals surface area contributed by atoms with Crippen molar-refractivity contribution in [3.8, 4) is 0 Å². The van der Waals surface area contributed by atoms with Gasteiger partial charge in [-0.3, -0.25) is 0 Å². The number of hydrogen-bond acceptors (Lipinski definition) is 6. The molecule has 0 aliphatic carbocycles. The number of ether oxygens (including phenoxy) is 1. The standard InChI is InChI=1S/C13H27O6P/c1-7-13(14-6)10-17-20(15-8-2,16-9-3)18-11(4)12(5)19-20/h13H,7-10H2,1-6H3. The maximum absolute atomic E-state index is 5.92. The summed E-state index contributed by atoms with van der Waals surface area (Å²) < 4.78 is 34.4. The molecule has 1 atom stereocenters. The van der Waals surface area contributed by atoms with E-state index >= 15 is 0 Å². The molecule has 6 nitrogen and oxygen atoms in total. The van der Waals surface area contributed by atoms with Gasteiger partial charge in [0.25, 0.3) is 0 Å². The molecule has 0 radical (unpaired) electrons. The zero-order chi connectivity index (χ0) is 15.3. The third kappa shape index (κ3) is 3.62. The maximum atomic E-state index is 5.92. The van der Waals surface area contributed by atoms with E-state index in [1.807, 2.05) is 20.8 Å². The fourth-order valence-corrected chi connectivity index (χ4v) is 4.82. The summed E-state index contributed by atoms with van der Waals surface area (Å²) in [5.74, 6) is 1.24. The first-order chi connectivity index (χ1) is 9.44. The Bertz CT molecular complexity index is 329. The molecule has 0 aromatic rings. The second-order valence-electron chi connectivity index (χ2n) is 4.44. The van der Waals surface area contributed by atoms with Gasteiger partial charge >= 0.3 is 121 Å². The molecule has 0 saturated carbocycles. The average molecular weight is 310 g/mol. The van der Waals surface area contributed by atoms with Crippen LogP contribution < -0.4 is 0 Å². The van der Waals surface area contributed by atoms with Crippen molar-refractivity contribution in [3.63, 3.8) is 0 Å². The predicted octanol–water partition coefficient (Wildman–Crippen LogP) is 3.93. The first-order valence-electron chi connectivity index (χ1n) is 7.02. The Labute approximate surface area is 121 Å². The van der Waals surface area contributed by atoms with Crippen LogP contribution in [0.15, 0.2) is 11.5 Å². The van der Waals surface area contributed by atoms with Gasteiger partial charge in [0.15, 0.2) is 0 Å². The minimum absolute atomic E-state index is 0.0664. The van der Waals surface area contributed by atoms with Crippen molar-refractivity contribution in [2.75, 3.05) is 26.9 Å². The van der Waals surface area contributed by atoms with Crippen LogP contribution >= 0.6 is 7.74 Å². The predicted molar refractivity (Wildman–Crippen MR) is 77.8 cm³/mol. The Morgan fingerprint density at radius 2 is 1.45 bits per heavy atom. The molecule has 120 valence electrons. The zero-order valence-corrected chi connectivity index (χ0v) is 14.2. The number of allylic oxidation sites excluding steroid dienone is 2. The van der Waals surface area contributed by atoms with Crippen LogP contribution in [-0.4, -0.2) is 33.0 Å². The van der Waals surface area contributed by atoms with Crippen LogP contribution in [0, 0.1) is 0 Å². The summed E-state index contributed by atoms with van der Waals surface area (Å²) in [6, 6.07) is 0. The molecule has 1 aliphatic rings. The van der Waals surface area contributed by atoms with Crippen molar-refractivity contribution in [1.29, 1.82) is 0 Å². The van der Waals surface area contributed by atoms with E-state index in [0.29, 0.717) is 24.7 Å². The summed E-state index contributed by atoms with van der Waals surface area (Å²) in [4.78, 5) is 0. The fraction of sp³-hybridized carbons (Fsp3) is 0.846.